The zero-order valence-corrected chi connectivity index (χ0v) is 16.6. The van der Waals surface area contributed by atoms with Crippen LogP contribution in [-0.2, 0) is 4.74 Å². The van der Waals surface area contributed by atoms with Crippen LogP contribution < -0.4 is 5.32 Å². The van der Waals surface area contributed by atoms with Crippen molar-refractivity contribution in [2.75, 3.05) is 26.3 Å². The number of benzene rings is 1. The van der Waals surface area contributed by atoms with Gasteiger partial charge in [-0.05, 0) is 51.0 Å². The maximum Gasteiger partial charge on any atom is 0.318 e. The Balaban J connectivity index is 1.34. The number of aromatic nitrogens is 2. The van der Waals surface area contributed by atoms with Gasteiger partial charge in [0.05, 0.1) is 0 Å². The number of nitrogens with one attached hydrogen (secondary N) is 1. The summed E-state index contributed by atoms with van der Waals surface area (Å²) in [5.74, 6) is 0.960. The monoisotopic (exact) mass is 384 g/mol. The molecule has 2 saturated heterocycles. The van der Waals surface area contributed by atoms with E-state index in [4.69, 9.17) is 9.26 Å². The number of ether oxygens (including phenoxy) is 1. The highest BCUT2D eigenvalue weighted by molar-refractivity contribution is 5.74. The molecule has 0 saturated carbocycles. The predicted octanol–water partition coefficient (Wildman–Crippen LogP) is 3.71. The van der Waals surface area contributed by atoms with E-state index in [1.54, 1.807) is 0 Å². The first kappa shape index (κ1) is 18.9. The Hall–Kier alpha value is -2.41. The van der Waals surface area contributed by atoms with E-state index in [9.17, 15) is 4.79 Å². The summed E-state index contributed by atoms with van der Waals surface area (Å²) in [6, 6.07) is 7.55. The quantitative estimate of drug-likeness (QED) is 0.873. The minimum Gasteiger partial charge on any atom is -0.381 e. The average Bonchev–Trinajstić information content (AvgIpc) is 3.20. The molecule has 0 aliphatic carbocycles. The van der Waals surface area contributed by atoms with Gasteiger partial charge in [0.2, 0.25) is 11.7 Å². The number of rotatable bonds is 3. The van der Waals surface area contributed by atoms with Gasteiger partial charge in [0.1, 0.15) is 6.04 Å². The highest BCUT2D eigenvalue weighted by atomic mass is 16.5. The molecule has 7 nitrogen and oxygen atoms in total. The molecule has 0 radical (unpaired) electrons. The zero-order valence-electron chi connectivity index (χ0n) is 16.6. The molecule has 2 fully saturated rings. The number of likely N-dealkylation sites (tertiary alicyclic amines) is 1. The molecule has 1 aromatic carbocycles. The molecule has 1 atom stereocenters. The fourth-order valence-corrected chi connectivity index (χ4v) is 4.14. The van der Waals surface area contributed by atoms with Crippen molar-refractivity contribution < 1.29 is 14.1 Å². The SMILES string of the molecule is Cc1cccc(-c2noc(C(C)NC(=O)N3CCC4(CCOCC4)CC3)n2)c1. The molecule has 1 aromatic heterocycles. The Kier molecular flexibility index (Phi) is 5.35. The second-order valence-corrected chi connectivity index (χ2v) is 8.10. The van der Waals surface area contributed by atoms with Crippen molar-refractivity contribution >= 4 is 6.03 Å². The summed E-state index contributed by atoms with van der Waals surface area (Å²) < 4.78 is 10.9. The van der Waals surface area contributed by atoms with Crippen LogP contribution >= 0.6 is 0 Å². The highest BCUT2D eigenvalue weighted by Gasteiger charge is 2.37. The predicted molar refractivity (Wildman–Crippen MR) is 105 cm³/mol. The minimum atomic E-state index is -0.336. The molecule has 7 heteroatoms. The summed E-state index contributed by atoms with van der Waals surface area (Å²) in [5, 5.41) is 7.06. The number of hydrogen-bond donors (Lipinski definition) is 1. The number of hydrogen-bond acceptors (Lipinski definition) is 5. The topological polar surface area (TPSA) is 80.5 Å². The summed E-state index contributed by atoms with van der Waals surface area (Å²) in [6.07, 6.45) is 4.33. The van der Waals surface area contributed by atoms with E-state index in [1.807, 2.05) is 43.0 Å². The van der Waals surface area contributed by atoms with Crippen molar-refractivity contribution in [2.45, 2.75) is 45.6 Å². The molecular formula is C21H28N4O3. The number of carbonyl (C=O) groups excluding carboxylic acids is 1. The van der Waals surface area contributed by atoms with E-state index < -0.39 is 0 Å². The molecule has 1 spiro atoms. The molecular weight excluding hydrogens is 356 g/mol. The van der Waals surface area contributed by atoms with Crippen LogP contribution in [0.3, 0.4) is 0 Å². The van der Waals surface area contributed by atoms with Gasteiger partial charge < -0.3 is 19.5 Å². The zero-order chi connectivity index (χ0) is 19.6. The Morgan fingerprint density at radius 1 is 1.21 bits per heavy atom. The Morgan fingerprint density at radius 3 is 2.68 bits per heavy atom. The molecule has 3 heterocycles. The van der Waals surface area contributed by atoms with Crippen molar-refractivity contribution in [2.24, 2.45) is 5.41 Å². The van der Waals surface area contributed by atoms with Crippen LogP contribution in [0, 0.1) is 12.3 Å². The lowest BCUT2D eigenvalue weighted by Gasteiger charge is -2.44. The minimum absolute atomic E-state index is 0.0651. The first-order valence-electron chi connectivity index (χ1n) is 10.1. The lowest BCUT2D eigenvalue weighted by Crippen LogP contribution is -2.49. The molecule has 2 aliphatic heterocycles. The van der Waals surface area contributed by atoms with Crippen LogP contribution in [0.25, 0.3) is 11.4 Å². The number of nitrogens with zero attached hydrogens (tertiary/aromatic N) is 3. The summed E-state index contributed by atoms with van der Waals surface area (Å²) in [5.41, 5.74) is 2.42. The van der Waals surface area contributed by atoms with Gasteiger partial charge in [-0.3, -0.25) is 0 Å². The molecule has 4 rings (SSSR count). The van der Waals surface area contributed by atoms with Crippen molar-refractivity contribution in [1.82, 2.24) is 20.4 Å². The van der Waals surface area contributed by atoms with Crippen LogP contribution in [0.15, 0.2) is 28.8 Å². The summed E-state index contributed by atoms with van der Waals surface area (Å²) >= 11 is 0. The first-order chi connectivity index (χ1) is 13.5. The van der Waals surface area contributed by atoms with E-state index in [0.717, 1.165) is 63.1 Å². The lowest BCUT2D eigenvalue weighted by molar-refractivity contribution is -0.0146. The molecule has 150 valence electrons. The number of piperidine rings is 1. The largest absolute Gasteiger partial charge is 0.381 e. The fourth-order valence-electron chi connectivity index (χ4n) is 4.14. The van der Waals surface area contributed by atoms with E-state index in [-0.39, 0.29) is 12.1 Å². The van der Waals surface area contributed by atoms with Gasteiger partial charge >= 0.3 is 6.03 Å². The van der Waals surface area contributed by atoms with Crippen molar-refractivity contribution in [3.8, 4) is 11.4 Å². The second kappa shape index (κ2) is 7.91. The molecule has 28 heavy (non-hydrogen) atoms. The Labute approximate surface area is 165 Å². The molecule has 0 bridgehead atoms. The molecule has 1 N–H and O–H groups in total. The summed E-state index contributed by atoms with van der Waals surface area (Å²) in [6.45, 7) is 7.17. The number of carbonyl (C=O) groups is 1. The normalized spacial score (nSPS) is 20.1. The lowest BCUT2D eigenvalue weighted by atomic mass is 9.72. The molecule has 2 aliphatic rings. The smallest absolute Gasteiger partial charge is 0.318 e. The van der Waals surface area contributed by atoms with E-state index in [0.29, 0.717) is 17.1 Å². The van der Waals surface area contributed by atoms with Crippen molar-refractivity contribution in [3.63, 3.8) is 0 Å². The number of amides is 2. The van der Waals surface area contributed by atoms with Gasteiger partial charge in [-0.1, -0.05) is 28.9 Å². The van der Waals surface area contributed by atoms with E-state index in [1.165, 1.54) is 0 Å². The van der Waals surface area contributed by atoms with Gasteiger partial charge in [-0.2, -0.15) is 4.98 Å². The van der Waals surface area contributed by atoms with Gasteiger partial charge in [-0.15, -0.1) is 0 Å². The third kappa shape index (κ3) is 4.04. The third-order valence-corrected chi connectivity index (χ3v) is 6.09. The standard InChI is InChI=1S/C21H28N4O3/c1-15-4-3-5-17(14-15)18-23-19(28-24-18)16(2)22-20(26)25-10-6-21(7-11-25)8-12-27-13-9-21/h3-5,14,16H,6-13H2,1-2H3,(H,22,26). The second-order valence-electron chi connectivity index (χ2n) is 8.10. The summed E-state index contributed by atoms with van der Waals surface area (Å²) in [4.78, 5) is 19.0. The van der Waals surface area contributed by atoms with Gasteiger partial charge in [-0.25, -0.2) is 4.79 Å². The Morgan fingerprint density at radius 2 is 1.96 bits per heavy atom. The maximum absolute atomic E-state index is 12.7. The average molecular weight is 384 g/mol. The first-order valence-corrected chi connectivity index (χ1v) is 10.1. The van der Waals surface area contributed by atoms with Crippen LogP contribution in [0.2, 0.25) is 0 Å². The van der Waals surface area contributed by atoms with Gasteiger partial charge in [0.15, 0.2) is 0 Å². The van der Waals surface area contributed by atoms with Crippen LogP contribution in [0.4, 0.5) is 4.79 Å². The number of aryl methyl sites for hydroxylation is 1. The molecule has 1 unspecified atom stereocenters. The molecule has 2 amide bonds. The van der Waals surface area contributed by atoms with Crippen LogP contribution in [0.1, 0.15) is 50.1 Å². The van der Waals surface area contributed by atoms with Crippen molar-refractivity contribution in [3.05, 3.63) is 35.7 Å². The fraction of sp³-hybridized carbons (Fsp3) is 0.571. The van der Waals surface area contributed by atoms with Crippen LogP contribution in [0.5, 0.6) is 0 Å². The Bertz CT molecular complexity index is 819. The molecule has 2 aromatic rings. The maximum atomic E-state index is 12.7. The highest BCUT2D eigenvalue weighted by Crippen LogP contribution is 2.40. The van der Waals surface area contributed by atoms with Crippen LogP contribution in [-0.4, -0.2) is 47.4 Å². The van der Waals surface area contributed by atoms with E-state index >= 15 is 0 Å². The van der Waals surface area contributed by atoms with Gasteiger partial charge in [0, 0.05) is 31.9 Å². The van der Waals surface area contributed by atoms with Crippen molar-refractivity contribution in [1.29, 1.82) is 0 Å². The third-order valence-electron chi connectivity index (χ3n) is 6.09. The van der Waals surface area contributed by atoms with Gasteiger partial charge in [0.25, 0.3) is 0 Å². The van der Waals surface area contributed by atoms with E-state index in [2.05, 4.69) is 15.5 Å². The summed E-state index contributed by atoms with van der Waals surface area (Å²) in [7, 11) is 0. The number of urea groups is 1.